The van der Waals surface area contributed by atoms with Gasteiger partial charge >= 0.3 is 0 Å². The van der Waals surface area contributed by atoms with Gasteiger partial charge < -0.3 is 15.3 Å². The number of thioether (sulfide) groups is 1. The number of aliphatic hydroxyl groups is 1. The Labute approximate surface area is 175 Å². The second-order valence-electron chi connectivity index (χ2n) is 5.80. The molecule has 0 aromatic heterocycles. The lowest BCUT2D eigenvalue weighted by molar-refractivity contribution is 0.0776. The third-order valence-electron chi connectivity index (χ3n) is 3.71. The summed E-state index contributed by atoms with van der Waals surface area (Å²) in [5.74, 6) is 2.54. The Hall–Kier alpha value is 0.110. The molecule has 2 N–H and O–H groups in total. The lowest BCUT2D eigenvalue weighted by atomic mass is 10.0. The smallest absolute Gasteiger partial charge is 0.194 e. The molecule has 0 radical (unpaired) electrons. The number of benzene rings is 1. The molecule has 1 aromatic carbocycles. The molecular weight excluding hydrogens is 480 g/mol. The fourth-order valence-corrected chi connectivity index (χ4v) is 4.00. The van der Waals surface area contributed by atoms with E-state index in [4.69, 9.17) is 23.2 Å². The number of nitrogens with zero attached hydrogens (tertiary/aromatic N) is 2. The summed E-state index contributed by atoms with van der Waals surface area (Å²) in [6.45, 7) is 3.89. The second kappa shape index (κ2) is 10.3. The Bertz CT molecular complexity index is 568. The Morgan fingerprint density at radius 1 is 1.42 bits per heavy atom. The van der Waals surface area contributed by atoms with Crippen molar-refractivity contribution in [3.63, 3.8) is 0 Å². The van der Waals surface area contributed by atoms with Gasteiger partial charge in [0.25, 0.3) is 0 Å². The Balaban J connectivity index is 0.00000288. The standard InChI is InChI=1S/C16H23Cl2N3OS.HI/c1-3-19-15(20-10-16(22)6-7-23-11-16)21(2)9-12-4-5-13(17)14(18)8-12;/h4-5,8,22H,3,6-7,9-11H2,1-2H3,(H,19,20);1H. The van der Waals surface area contributed by atoms with Crippen molar-refractivity contribution in [1.29, 1.82) is 0 Å². The molecule has 1 heterocycles. The lowest BCUT2D eigenvalue weighted by Crippen LogP contribution is -2.41. The average molecular weight is 504 g/mol. The van der Waals surface area contributed by atoms with Gasteiger partial charge in [-0.05, 0) is 36.8 Å². The number of nitrogens with one attached hydrogen (secondary N) is 1. The molecule has 2 rings (SSSR count). The van der Waals surface area contributed by atoms with Gasteiger partial charge in [0.1, 0.15) is 0 Å². The van der Waals surface area contributed by atoms with Crippen molar-refractivity contribution >= 4 is 64.9 Å². The van der Waals surface area contributed by atoms with Crippen molar-refractivity contribution in [2.45, 2.75) is 25.5 Å². The van der Waals surface area contributed by atoms with Crippen LogP contribution < -0.4 is 5.32 Å². The summed E-state index contributed by atoms with van der Waals surface area (Å²) in [7, 11) is 1.97. The third-order valence-corrected chi connectivity index (χ3v) is 5.68. The summed E-state index contributed by atoms with van der Waals surface area (Å²) in [6, 6.07) is 5.62. The van der Waals surface area contributed by atoms with Crippen molar-refractivity contribution in [1.82, 2.24) is 10.2 Å². The highest BCUT2D eigenvalue weighted by Gasteiger charge is 2.31. The molecule has 1 fully saturated rings. The van der Waals surface area contributed by atoms with E-state index in [-0.39, 0.29) is 24.0 Å². The molecule has 0 spiro atoms. The van der Waals surface area contributed by atoms with Gasteiger partial charge in [-0.25, -0.2) is 0 Å². The van der Waals surface area contributed by atoms with Crippen LogP contribution in [0.25, 0.3) is 0 Å². The number of guanidine groups is 1. The summed E-state index contributed by atoms with van der Waals surface area (Å²) in [4.78, 5) is 6.63. The number of halogens is 3. The second-order valence-corrected chi connectivity index (χ2v) is 7.72. The predicted octanol–water partition coefficient (Wildman–Crippen LogP) is 3.88. The zero-order valence-corrected chi connectivity index (χ0v) is 18.5. The Morgan fingerprint density at radius 2 is 2.17 bits per heavy atom. The van der Waals surface area contributed by atoms with Crippen LogP contribution >= 0.6 is 58.9 Å². The molecule has 1 aromatic rings. The van der Waals surface area contributed by atoms with Gasteiger partial charge in [-0.1, -0.05) is 29.3 Å². The first-order valence-corrected chi connectivity index (χ1v) is 9.58. The number of rotatable bonds is 5. The molecule has 8 heteroatoms. The van der Waals surface area contributed by atoms with E-state index < -0.39 is 5.60 Å². The van der Waals surface area contributed by atoms with Crippen LogP contribution in [0.2, 0.25) is 10.0 Å². The maximum atomic E-state index is 10.4. The van der Waals surface area contributed by atoms with Gasteiger partial charge in [-0.3, -0.25) is 4.99 Å². The molecular formula is C16H24Cl2IN3OS. The molecule has 0 saturated carbocycles. The van der Waals surface area contributed by atoms with Crippen molar-refractivity contribution in [2.75, 3.05) is 31.6 Å². The third kappa shape index (κ3) is 6.44. The number of hydrogen-bond donors (Lipinski definition) is 2. The van der Waals surface area contributed by atoms with Crippen LogP contribution in [0, 0.1) is 0 Å². The van der Waals surface area contributed by atoms with Gasteiger partial charge in [0.05, 0.1) is 22.2 Å². The number of hydrogen-bond acceptors (Lipinski definition) is 3. The van der Waals surface area contributed by atoms with Crippen LogP contribution in [0.1, 0.15) is 18.9 Å². The Kier molecular flexibility index (Phi) is 9.51. The monoisotopic (exact) mass is 503 g/mol. The molecule has 4 nitrogen and oxygen atoms in total. The molecule has 1 aliphatic rings. The van der Waals surface area contributed by atoms with E-state index in [0.29, 0.717) is 23.1 Å². The molecule has 0 aliphatic carbocycles. The molecule has 0 bridgehead atoms. The molecule has 24 heavy (non-hydrogen) atoms. The summed E-state index contributed by atoms with van der Waals surface area (Å²) in [5, 5.41) is 14.8. The number of aliphatic imine (C=N–C) groups is 1. The van der Waals surface area contributed by atoms with E-state index in [2.05, 4.69) is 10.3 Å². The van der Waals surface area contributed by atoms with Crippen LogP contribution in [-0.4, -0.2) is 53.2 Å². The maximum Gasteiger partial charge on any atom is 0.194 e. The zero-order valence-electron chi connectivity index (χ0n) is 13.9. The molecule has 1 unspecified atom stereocenters. The normalized spacial score (nSPS) is 20.6. The topological polar surface area (TPSA) is 47.9 Å². The maximum absolute atomic E-state index is 10.4. The summed E-state index contributed by atoms with van der Waals surface area (Å²) in [5.41, 5.74) is 0.387. The van der Waals surface area contributed by atoms with Crippen molar-refractivity contribution in [3.05, 3.63) is 33.8 Å². The first-order valence-electron chi connectivity index (χ1n) is 7.67. The summed E-state index contributed by atoms with van der Waals surface area (Å²) >= 11 is 13.8. The van der Waals surface area contributed by atoms with Gasteiger partial charge in [0, 0.05) is 25.9 Å². The van der Waals surface area contributed by atoms with Crippen molar-refractivity contribution in [3.8, 4) is 0 Å². The highest BCUT2D eigenvalue weighted by atomic mass is 127. The predicted molar refractivity (Wildman–Crippen MR) is 116 cm³/mol. The van der Waals surface area contributed by atoms with Crippen LogP contribution in [0.5, 0.6) is 0 Å². The summed E-state index contributed by atoms with van der Waals surface area (Å²) in [6.07, 6.45) is 0.803. The fraction of sp³-hybridized carbons (Fsp3) is 0.562. The fourth-order valence-electron chi connectivity index (χ4n) is 2.40. The van der Waals surface area contributed by atoms with E-state index in [9.17, 15) is 5.11 Å². The van der Waals surface area contributed by atoms with Gasteiger partial charge in [-0.2, -0.15) is 11.8 Å². The van der Waals surface area contributed by atoms with Crippen molar-refractivity contribution < 1.29 is 5.11 Å². The minimum absolute atomic E-state index is 0. The molecule has 1 saturated heterocycles. The minimum Gasteiger partial charge on any atom is -0.387 e. The molecule has 1 atom stereocenters. The van der Waals surface area contributed by atoms with Crippen LogP contribution in [0.4, 0.5) is 0 Å². The largest absolute Gasteiger partial charge is 0.387 e. The highest BCUT2D eigenvalue weighted by Crippen LogP contribution is 2.28. The lowest BCUT2D eigenvalue weighted by Gasteiger charge is -2.25. The highest BCUT2D eigenvalue weighted by molar-refractivity contribution is 14.0. The van der Waals surface area contributed by atoms with E-state index in [1.54, 1.807) is 17.8 Å². The quantitative estimate of drug-likeness (QED) is 0.363. The van der Waals surface area contributed by atoms with E-state index in [1.807, 2.05) is 31.0 Å². The van der Waals surface area contributed by atoms with Crippen molar-refractivity contribution in [2.24, 2.45) is 4.99 Å². The van der Waals surface area contributed by atoms with Gasteiger partial charge in [0.15, 0.2) is 5.96 Å². The molecule has 1 aliphatic heterocycles. The first kappa shape index (κ1) is 22.2. The van der Waals surface area contributed by atoms with E-state index in [0.717, 1.165) is 36.0 Å². The zero-order chi connectivity index (χ0) is 16.9. The van der Waals surface area contributed by atoms with Gasteiger partial charge in [-0.15, -0.1) is 24.0 Å². The van der Waals surface area contributed by atoms with Gasteiger partial charge in [0.2, 0.25) is 0 Å². The van der Waals surface area contributed by atoms with Crippen LogP contribution in [0.3, 0.4) is 0 Å². The molecule has 136 valence electrons. The molecule has 0 amide bonds. The van der Waals surface area contributed by atoms with Crippen LogP contribution in [0.15, 0.2) is 23.2 Å². The first-order chi connectivity index (χ1) is 10.9. The SMILES string of the molecule is CCNC(=NCC1(O)CCSC1)N(C)Cc1ccc(Cl)c(Cl)c1.I. The van der Waals surface area contributed by atoms with E-state index in [1.165, 1.54) is 0 Å². The summed E-state index contributed by atoms with van der Waals surface area (Å²) < 4.78 is 0. The minimum atomic E-state index is -0.671. The Morgan fingerprint density at radius 3 is 2.75 bits per heavy atom. The van der Waals surface area contributed by atoms with Crippen LogP contribution in [-0.2, 0) is 6.54 Å². The van der Waals surface area contributed by atoms with E-state index >= 15 is 0 Å². The average Bonchev–Trinajstić information content (AvgIpc) is 2.94.